The van der Waals surface area contributed by atoms with Crippen LogP contribution in [0.2, 0.25) is 0 Å². The van der Waals surface area contributed by atoms with Gasteiger partial charge in [0.1, 0.15) is 11.6 Å². The van der Waals surface area contributed by atoms with Gasteiger partial charge in [-0.25, -0.2) is 4.98 Å². The molecule has 5 nitrogen and oxygen atoms in total. The van der Waals surface area contributed by atoms with E-state index in [4.69, 9.17) is 9.97 Å². The molecule has 6 aromatic rings. The van der Waals surface area contributed by atoms with E-state index in [1.165, 1.54) is 32.1 Å². The predicted octanol–water partition coefficient (Wildman–Crippen LogP) is 10.5. The van der Waals surface area contributed by atoms with Crippen LogP contribution in [0.15, 0.2) is 140 Å². The number of hydrogen-bond donors (Lipinski definition) is 1. The van der Waals surface area contributed by atoms with Gasteiger partial charge in [0.2, 0.25) is 0 Å². The molecule has 0 amide bonds. The average molecular weight is 809 g/mol. The van der Waals surface area contributed by atoms with E-state index < -0.39 is 0 Å². The standard InChI is InChI=1S/C42H37N4O.Pt/c47-41-19-8-7-18-37(41)39-29-36(45(33-13-3-1-4-14-33)34-15-5-2-6-16-34)28-38(44-39)32-12-11-17-35(27-32)46(42-20-9-10-25-43-42)40-26-30-21-23-31(40)24-22-30;/h1-20,25,28-31,40,47H,21-24,26H2;/q-1;. The van der Waals surface area contributed by atoms with Crippen LogP contribution in [0.3, 0.4) is 0 Å². The van der Waals surface area contributed by atoms with Gasteiger partial charge in [-0.1, -0.05) is 73.5 Å². The van der Waals surface area contributed by atoms with E-state index in [1.807, 2.05) is 42.6 Å². The summed E-state index contributed by atoms with van der Waals surface area (Å²) in [5.41, 5.74) is 7.07. The summed E-state index contributed by atoms with van der Waals surface area (Å²) in [6.07, 6.45) is 8.31. The normalized spacial score (nSPS) is 18.1. The van der Waals surface area contributed by atoms with Crippen molar-refractivity contribution >= 4 is 28.6 Å². The molecule has 9 rings (SSSR count). The Morgan fingerprint density at radius 1 is 0.646 bits per heavy atom. The molecule has 1 unspecified atom stereocenters. The number of phenols is 1. The van der Waals surface area contributed by atoms with Gasteiger partial charge < -0.3 is 14.9 Å². The van der Waals surface area contributed by atoms with Gasteiger partial charge in [-0.3, -0.25) is 4.98 Å². The number of aromatic nitrogens is 2. The zero-order valence-electron chi connectivity index (χ0n) is 26.6. The molecular formula is C42H37N4OPt-. The van der Waals surface area contributed by atoms with Crippen molar-refractivity contribution in [3.8, 4) is 28.3 Å². The van der Waals surface area contributed by atoms with Crippen molar-refractivity contribution in [1.82, 2.24) is 9.97 Å². The molecule has 4 aromatic carbocycles. The number of hydrogen-bond acceptors (Lipinski definition) is 5. The van der Waals surface area contributed by atoms with E-state index >= 15 is 0 Å². The van der Waals surface area contributed by atoms with Gasteiger partial charge in [-0.05, 0) is 97.1 Å². The largest absolute Gasteiger partial charge is 0.507 e. The number of para-hydroxylation sites is 3. The second-order valence-electron chi connectivity index (χ2n) is 12.7. The first-order valence-electron chi connectivity index (χ1n) is 16.6. The molecule has 2 aromatic heterocycles. The Morgan fingerprint density at radius 2 is 1.31 bits per heavy atom. The van der Waals surface area contributed by atoms with Crippen molar-refractivity contribution in [2.24, 2.45) is 11.8 Å². The maximum Gasteiger partial charge on any atom is 0.131 e. The van der Waals surface area contributed by atoms with Crippen LogP contribution in [0.4, 0.5) is 28.6 Å². The van der Waals surface area contributed by atoms with Crippen LogP contribution in [0.5, 0.6) is 5.75 Å². The van der Waals surface area contributed by atoms with Gasteiger partial charge in [0.05, 0.1) is 5.69 Å². The van der Waals surface area contributed by atoms with Gasteiger partial charge in [0.25, 0.3) is 0 Å². The van der Waals surface area contributed by atoms with Crippen LogP contribution in [0, 0.1) is 17.9 Å². The Bertz CT molecular complexity index is 1920. The van der Waals surface area contributed by atoms with Crippen LogP contribution >= 0.6 is 0 Å². The molecular weight excluding hydrogens is 772 g/mol. The molecule has 0 aliphatic heterocycles. The summed E-state index contributed by atoms with van der Waals surface area (Å²) in [7, 11) is 0. The van der Waals surface area contributed by atoms with E-state index in [9.17, 15) is 5.11 Å². The second kappa shape index (κ2) is 14.2. The average Bonchev–Trinajstić information content (AvgIpc) is 3.14. The quantitative estimate of drug-likeness (QED) is 0.155. The monoisotopic (exact) mass is 808 g/mol. The number of phenolic OH excluding ortho intramolecular Hbond substituents is 1. The maximum absolute atomic E-state index is 11.0. The molecule has 242 valence electrons. The molecule has 0 spiro atoms. The molecule has 48 heavy (non-hydrogen) atoms. The Kier molecular flexibility index (Phi) is 9.40. The molecule has 3 aliphatic carbocycles. The molecule has 3 saturated carbocycles. The summed E-state index contributed by atoms with van der Waals surface area (Å²) in [4.78, 5) is 14.7. The molecule has 1 atom stereocenters. The number of nitrogens with zero attached hydrogens (tertiary/aromatic N) is 4. The molecule has 6 heteroatoms. The van der Waals surface area contributed by atoms with E-state index in [1.54, 1.807) is 6.07 Å². The van der Waals surface area contributed by atoms with Crippen molar-refractivity contribution in [2.75, 3.05) is 9.80 Å². The van der Waals surface area contributed by atoms with E-state index in [0.29, 0.717) is 23.2 Å². The minimum atomic E-state index is 0. The van der Waals surface area contributed by atoms with E-state index in [2.05, 4.69) is 107 Å². The molecule has 0 saturated heterocycles. The van der Waals surface area contributed by atoms with Gasteiger partial charge in [0, 0.05) is 55.9 Å². The third-order valence-corrected chi connectivity index (χ3v) is 9.83. The van der Waals surface area contributed by atoms with Crippen molar-refractivity contribution < 1.29 is 26.2 Å². The zero-order chi connectivity index (χ0) is 31.6. The van der Waals surface area contributed by atoms with Crippen LogP contribution < -0.4 is 9.80 Å². The third-order valence-electron chi connectivity index (χ3n) is 9.83. The smallest absolute Gasteiger partial charge is 0.131 e. The summed E-state index contributed by atoms with van der Waals surface area (Å²) in [6, 6.07) is 49.1. The fourth-order valence-electron chi connectivity index (χ4n) is 7.59. The van der Waals surface area contributed by atoms with Crippen LogP contribution in [-0.4, -0.2) is 21.1 Å². The second-order valence-corrected chi connectivity index (χ2v) is 12.7. The first kappa shape index (κ1) is 31.8. The molecule has 3 fully saturated rings. The van der Waals surface area contributed by atoms with Crippen molar-refractivity contribution in [1.29, 1.82) is 0 Å². The van der Waals surface area contributed by atoms with Gasteiger partial charge in [0.15, 0.2) is 0 Å². The number of rotatable bonds is 8. The molecule has 1 N–H and O–H groups in total. The van der Waals surface area contributed by atoms with Crippen molar-refractivity contribution in [3.63, 3.8) is 0 Å². The van der Waals surface area contributed by atoms with Crippen LogP contribution in [0.25, 0.3) is 22.5 Å². The molecule has 2 heterocycles. The van der Waals surface area contributed by atoms with Crippen LogP contribution in [0.1, 0.15) is 32.1 Å². The van der Waals surface area contributed by atoms with Crippen molar-refractivity contribution in [2.45, 2.75) is 38.1 Å². The fraction of sp³-hybridized carbons (Fsp3) is 0.190. The summed E-state index contributed by atoms with van der Waals surface area (Å²) in [5.74, 6) is 2.59. The molecule has 2 bridgehead atoms. The topological polar surface area (TPSA) is 52.5 Å². The van der Waals surface area contributed by atoms with Gasteiger partial charge in [-0.15, -0.1) is 29.8 Å². The van der Waals surface area contributed by atoms with E-state index in [0.717, 1.165) is 45.7 Å². The summed E-state index contributed by atoms with van der Waals surface area (Å²) in [5, 5.41) is 11.0. The van der Waals surface area contributed by atoms with Gasteiger partial charge >= 0.3 is 0 Å². The maximum atomic E-state index is 11.0. The SMILES string of the molecule is Oc1ccccc1-c1cc(N(c2ccccc2)c2ccccc2)cc(-c2[c-]c(N(c3ccccn3)C3CC4CCC3CC4)ccc2)n1.[Pt]. The van der Waals surface area contributed by atoms with Crippen molar-refractivity contribution in [3.05, 3.63) is 146 Å². The summed E-state index contributed by atoms with van der Waals surface area (Å²) in [6.45, 7) is 0. The molecule has 3 aliphatic rings. The Morgan fingerprint density at radius 3 is 1.96 bits per heavy atom. The van der Waals surface area contributed by atoms with E-state index in [-0.39, 0.29) is 26.8 Å². The number of pyridine rings is 2. The number of aromatic hydroxyl groups is 1. The summed E-state index contributed by atoms with van der Waals surface area (Å²) >= 11 is 0. The number of anilines is 5. The first-order chi connectivity index (χ1) is 23.2. The zero-order valence-corrected chi connectivity index (χ0v) is 28.9. The third kappa shape index (κ3) is 6.40. The number of fused-ring (bicyclic) bond motifs is 3. The first-order valence-corrected chi connectivity index (χ1v) is 16.6. The Hall–Kier alpha value is -4.73. The fourth-order valence-corrected chi connectivity index (χ4v) is 7.59. The van der Waals surface area contributed by atoms with Crippen LogP contribution in [-0.2, 0) is 21.1 Å². The Labute approximate surface area is 297 Å². The Balaban J connectivity index is 0.00000364. The predicted molar refractivity (Wildman–Crippen MR) is 191 cm³/mol. The minimum absolute atomic E-state index is 0. The minimum Gasteiger partial charge on any atom is -0.507 e. The molecule has 0 radical (unpaired) electrons. The van der Waals surface area contributed by atoms with Gasteiger partial charge in [-0.2, -0.15) is 0 Å². The number of benzene rings is 4. The summed E-state index contributed by atoms with van der Waals surface area (Å²) < 4.78 is 0.